The quantitative estimate of drug-likeness (QED) is 0.543. The van der Waals surface area contributed by atoms with Gasteiger partial charge in [0, 0.05) is 37.1 Å². The number of aromatic carboxylic acids is 1. The van der Waals surface area contributed by atoms with E-state index in [-0.39, 0.29) is 24.0 Å². The van der Waals surface area contributed by atoms with Crippen LogP contribution < -0.4 is 14.4 Å². The zero-order valence-corrected chi connectivity index (χ0v) is 17.7. The first-order chi connectivity index (χ1) is 16.3. The minimum atomic E-state index is -4.74. The van der Waals surface area contributed by atoms with Gasteiger partial charge in [0.25, 0.3) is 0 Å². The molecule has 4 rings (SSSR count). The van der Waals surface area contributed by atoms with E-state index in [0.717, 1.165) is 5.69 Å². The largest absolute Gasteiger partial charge is 0.573 e. The van der Waals surface area contributed by atoms with E-state index < -0.39 is 12.3 Å². The van der Waals surface area contributed by atoms with Gasteiger partial charge in [0.05, 0.1) is 30.3 Å². The standard InChI is InChI=1S/C23H20F3N3O5/c24-23(25,26)34-19-3-1-15(2-4-19)14-33-20-8-18(11-28-12-20)29-5-6-32-21(13-29)16-7-17(22(30)31)10-27-9-16/h1-4,7-12,21H,5-6,13-14H2,(H,30,31). The number of carbonyl (C=O) groups is 1. The molecular formula is C23H20F3N3O5. The number of alkyl halides is 3. The molecule has 0 amide bonds. The Morgan fingerprint density at radius 1 is 1.09 bits per heavy atom. The average molecular weight is 475 g/mol. The van der Waals surface area contributed by atoms with Crippen molar-refractivity contribution in [2.75, 3.05) is 24.6 Å². The smallest absolute Gasteiger partial charge is 0.487 e. The molecule has 0 bridgehead atoms. The molecule has 0 aliphatic carbocycles. The summed E-state index contributed by atoms with van der Waals surface area (Å²) < 4.78 is 52.3. The van der Waals surface area contributed by atoms with Crippen molar-refractivity contribution in [2.45, 2.75) is 19.1 Å². The Kier molecular flexibility index (Phi) is 6.82. The fourth-order valence-electron chi connectivity index (χ4n) is 3.45. The molecule has 8 nitrogen and oxygen atoms in total. The Morgan fingerprint density at radius 2 is 1.85 bits per heavy atom. The molecule has 1 saturated heterocycles. The number of hydrogen-bond acceptors (Lipinski definition) is 7. The molecule has 1 aliphatic rings. The van der Waals surface area contributed by atoms with Crippen LogP contribution >= 0.6 is 0 Å². The number of nitrogens with zero attached hydrogens (tertiary/aromatic N) is 3. The number of ether oxygens (including phenoxy) is 3. The van der Waals surface area contributed by atoms with Gasteiger partial charge in [-0.3, -0.25) is 9.97 Å². The molecule has 3 aromatic rings. The summed E-state index contributed by atoms with van der Waals surface area (Å²) in [6.07, 6.45) is 1.01. The molecule has 1 aliphatic heterocycles. The monoisotopic (exact) mass is 475 g/mol. The highest BCUT2D eigenvalue weighted by molar-refractivity contribution is 5.87. The number of anilines is 1. The van der Waals surface area contributed by atoms with Gasteiger partial charge in [-0.1, -0.05) is 12.1 Å². The van der Waals surface area contributed by atoms with Crippen molar-refractivity contribution in [1.29, 1.82) is 0 Å². The van der Waals surface area contributed by atoms with Crippen molar-refractivity contribution >= 4 is 11.7 Å². The van der Waals surface area contributed by atoms with E-state index in [2.05, 4.69) is 14.7 Å². The second kappa shape index (κ2) is 9.96. The summed E-state index contributed by atoms with van der Waals surface area (Å²) >= 11 is 0. The van der Waals surface area contributed by atoms with E-state index in [1.54, 1.807) is 24.7 Å². The minimum Gasteiger partial charge on any atom is -0.487 e. The predicted octanol–water partition coefficient (Wildman–Crippen LogP) is 4.23. The SMILES string of the molecule is O=C(O)c1cncc(C2CN(c3cncc(OCc4ccc(OC(F)(F)F)cc4)c3)CCO2)c1. The lowest BCUT2D eigenvalue weighted by Gasteiger charge is -2.34. The van der Waals surface area contributed by atoms with Crippen molar-refractivity contribution in [3.8, 4) is 11.5 Å². The van der Waals surface area contributed by atoms with Gasteiger partial charge in [-0.2, -0.15) is 0 Å². The van der Waals surface area contributed by atoms with E-state index in [9.17, 15) is 23.1 Å². The third-order valence-electron chi connectivity index (χ3n) is 5.07. The van der Waals surface area contributed by atoms with Crippen molar-refractivity contribution in [3.63, 3.8) is 0 Å². The average Bonchev–Trinajstić information content (AvgIpc) is 2.83. The Hall–Kier alpha value is -3.86. The van der Waals surface area contributed by atoms with Gasteiger partial charge in [-0.15, -0.1) is 13.2 Å². The fourth-order valence-corrected chi connectivity index (χ4v) is 3.45. The minimum absolute atomic E-state index is 0.0910. The molecular weight excluding hydrogens is 455 g/mol. The van der Waals surface area contributed by atoms with Gasteiger partial charge in [-0.05, 0) is 23.8 Å². The second-order valence-electron chi connectivity index (χ2n) is 7.48. The first-order valence-electron chi connectivity index (χ1n) is 10.2. The normalized spacial score (nSPS) is 16.2. The van der Waals surface area contributed by atoms with Gasteiger partial charge in [0.2, 0.25) is 0 Å². The lowest BCUT2D eigenvalue weighted by atomic mass is 10.1. The molecule has 34 heavy (non-hydrogen) atoms. The summed E-state index contributed by atoms with van der Waals surface area (Å²) in [5.41, 5.74) is 2.22. The Morgan fingerprint density at radius 3 is 2.59 bits per heavy atom. The van der Waals surface area contributed by atoms with Gasteiger partial charge >= 0.3 is 12.3 Å². The molecule has 0 spiro atoms. The lowest BCUT2D eigenvalue weighted by molar-refractivity contribution is -0.274. The number of rotatable bonds is 7. The molecule has 1 atom stereocenters. The summed E-state index contributed by atoms with van der Waals surface area (Å²) in [7, 11) is 0. The molecule has 1 N–H and O–H groups in total. The number of carboxylic acids is 1. The Bertz CT molecular complexity index is 1140. The number of carboxylic acid groups (broad SMARTS) is 1. The number of pyridine rings is 2. The maximum Gasteiger partial charge on any atom is 0.573 e. The van der Waals surface area contributed by atoms with Crippen LogP contribution in [0.25, 0.3) is 0 Å². The first-order valence-corrected chi connectivity index (χ1v) is 10.2. The van der Waals surface area contributed by atoms with Gasteiger partial charge in [0.1, 0.15) is 24.2 Å². The Labute approximate surface area is 192 Å². The van der Waals surface area contributed by atoms with E-state index in [0.29, 0.717) is 36.6 Å². The summed E-state index contributed by atoms with van der Waals surface area (Å²) in [6.45, 7) is 1.64. The zero-order chi connectivity index (χ0) is 24.1. The van der Waals surface area contributed by atoms with Crippen LogP contribution in [0.5, 0.6) is 11.5 Å². The second-order valence-corrected chi connectivity index (χ2v) is 7.48. The fraction of sp³-hybridized carbons (Fsp3) is 0.261. The van der Waals surface area contributed by atoms with Crippen LogP contribution in [0.15, 0.2) is 61.2 Å². The maximum atomic E-state index is 12.3. The van der Waals surface area contributed by atoms with Crippen LogP contribution in [0.3, 0.4) is 0 Å². The van der Waals surface area contributed by atoms with Gasteiger partial charge in [0.15, 0.2) is 0 Å². The van der Waals surface area contributed by atoms with Crippen LogP contribution in [0.2, 0.25) is 0 Å². The predicted molar refractivity (Wildman–Crippen MR) is 114 cm³/mol. The van der Waals surface area contributed by atoms with E-state index in [1.807, 2.05) is 11.0 Å². The topological polar surface area (TPSA) is 94.0 Å². The van der Waals surface area contributed by atoms with Crippen molar-refractivity contribution in [3.05, 3.63) is 77.9 Å². The summed E-state index contributed by atoms with van der Waals surface area (Å²) in [6, 6.07) is 8.79. The zero-order valence-electron chi connectivity index (χ0n) is 17.7. The van der Waals surface area contributed by atoms with Crippen LogP contribution in [-0.4, -0.2) is 47.1 Å². The highest BCUT2D eigenvalue weighted by atomic mass is 19.4. The molecule has 1 fully saturated rings. The molecule has 3 heterocycles. The third kappa shape index (κ3) is 6.13. The van der Waals surface area contributed by atoms with E-state index in [1.165, 1.54) is 30.5 Å². The Balaban J connectivity index is 1.39. The number of morpholine rings is 1. The maximum absolute atomic E-state index is 12.3. The van der Waals surface area contributed by atoms with Crippen LogP contribution in [0, 0.1) is 0 Å². The number of benzene rings is 1. The third-order valence-corrected chi connectivity index (χ3v) is 5.07. The molecule has 0 saturated carbocycles. The van der Waals surface area contributed by atoms with E-state index in [4.69, 9.17) is 9.47 Å². The van der Waals surface area contributed by atoms with Crippen LogP contribution in [0.4, 0.5) is 18.9 Å². The summed E-state index contributed by atoms with van der Waals surface area (Å²) in [4.78, 5) is 21.5. The molecule has 178 valence electrons. The number of hydrogen-bond donors (Lipinski definition) is 1. The van der Waals surface area contributed by atoms with Crippen LogP contribution in [0.1, 0.15) is 27.6 Å². The summed E-state index contributed by atoms with van der Waals surface area (Å²) in [5, 5.41) is 9.19. The molecule has 11 heteroatoms. The molecule has 1 unspecified atom stereocenters. The molecule has 1 aromatic carbocycles. The highest BCUT2D eigenvalue weighted by Gasteiger charge is 2.31. The van der Waals surface area contributed by atoms with Gasteiger partial charge in [-0.25, -0.2) is 4.79 Å². The molecule has 0 radical (unpaired) electrons. The van der Waals surface area contributed by atoms with Crippen molar-refractivity contribution < 1.29 is 37.3 Å². The van der Waals surface area contributed by atoms with Crippen LogP contribution in [-0.2, 0) is 11.3 Å². The highest BCUT2D eigenvalue weighted by Crippen LogP contribution is 2.28. The molecule has 2 aromatic heterocycles. The van der Waals surface area contributed by atoms with Crippen molar-refractivity contribution in [2.24, 2.45) is 0 Å². The van der Waals surface area contributed by atoms with Gasteiger partial charge < -0.3 is 24.2 Å². The van der Waals surface area contributed by atoms with Crippen molar-refractivity contribution in [1.82, 2.24) is 9.97 Å². The first kappa shape index (κ1) is 23.3. The number of halogens is 3. The lowest BCUT2D eigenvalue weighted by Crippen LogP contribution is -2.38. The van der Waals surface area contributed by atoms with E-state index >= 15 is 0 Å². The summed E-state index contributed by atoms with van der Waals surface area (Å²) in [5.74, 6) is -0.866. The number of aromatic nitrogens is 2.